The summed E-state index contributed by atoms with van der Waals surface area (Å²) in [6.07, 6.45) is 0. The number of carbonyl (C=O) groups excluding carboxylic acids is 3. The van der Waals surface area contributed by atoms with Crippen LogP contribution in [-0.4, -0.2) is 30.2 Å². The van der Waals surface area contributed by atoms with E-state index in [0.29, 0.717) is 11.1 Å². The van der Waals surface area contributed by atoms with E-state index in [9.17, 15) is 14.4 Å². The molecule has 2 aromatic carbocycles. The summed E-state index contributed by atoms with van der Waals surface area (Å²) < 4.78 is 4.83. The Morgan fingerprint density at radius 1 is 0.864 bits per heavy atom. The lowest BCUT2D eigenvalue weighted by molar-refractivity contribution is -0.142. The lowest BCUT2D eigenvalue weighted by Crippen LogP contribution is -2.40. The van der Waals surface area contributed by atoms with E-state index in [2.05, 4.69) is 0 Å². The lowest BCUT2D eigenvalue weighted by Gasteiger charge is -2.10. The zero-order chi connectivity index (χ0) is 15.9. The minimum absolute atomic E-state index is 0.321. The van der Waals surface area contributed by atoms with Gasteiger partial charge in [-0.3, -0.25) is 9.59 Å². The molecule has 22 heavy (non-hydrogen) atoms. The normalized spacial score (nSPS) is 11.5. The smallest absolute Gasteiger partial charge is 0.331 e. The maximum Gasteiger partial charge on any atom is 0.331 e. The molecule has 5 heteroatoms. The van der Waals surface area contributed by atoms with Gasteiger partial charge in [0.1, 0.15) is 0 Å². The van der Waals surface area contributed by atoms with E-state index in [1.165, 1.54) is 0 Å². The summed E-state index contributed by atoms with van der Waals surface area (Å²) in [5, 5.41) is 0. The van der Waals surface area contributed by atoms with Crippen molar-refractivity contribution < 1.29 is 19.1 Å². The zero-order valence-electron chi connectivity index (χ0n) is 11.8. The molecule has 0 aromatic heterocycles. The monoisotopic (exact) mass is 297 g/mol. The molecule has 2 N–H and O–H groups in total. The van der Waals surface area contributed by atoms with E-state index in [1.807, 2.05) is 0 Å². The van der Waals surface area contributed by atoms with E-state index in [-0.39, 0.29) is 5.78 Å². The highest BCUT2D eigenvalue weighted by Crippen LogP contribution is 2.05. The number of hydrogen-bond acceptors (Lipinski definition) is 5. The summed E-state index contributed by atoms with van der Waals surface area (Å²) in [6.45, 7) is -0.446. The highest BCUT2D eigenvalue weighted by atomic mass is 16.5. The number of Topliss-reactive ketones (excluding diaryl/α,β-unsaturated/α-hetero) is 2. The second kappa shape index (κ2) is 7.28. The zero-order valence-corrected chi connectivity index (χ0v) is 11.8. The second-order valence-corrected chi connectivity index (χ2v) is 4.60. The number of ketones is 2. The molecule has 1 unspecified atom stereocenters. The van der Waals surface area contributed by atoms with Gasteiger partial charge in [-0.25, -0.2) is 4.79 Å². The van der Waals surface area contributed by atoms with Gasteiger partial charge in [-0.15, -0.1) is 0 Å². The Morgan fingerprint density at radius 3 is 1.91 bits per heavy atom. The lowest BCUT2D eigenvalue weighted by atomic mass is 10.1. The summed E-state index contributed by atoms with van der Waals surface area (Å²) in [7, 11) is 0. The Kier molecular flexibility index (Phi) is 5.16. The Balaban J connectivity index is 1.92. The third kappa shape index (κ3) is 3.86. The summed E-state index contributed by atoms with van der Waals surface area (Å²) in [5.41, 5.74) is 6.33. The Hall–Kier alpha value is -2.79. The number of ether oxygens (including phenoxy) is 1. The van der Waals surface area contributed by atoms with Crippen molar-refractivity contribution in [3.8, 4) is 0 Å². The number of hydrogen-bond donors (Lipinski definition) is 1. The fraction of sp³-hybridized carbons (Fsp3) is 0.118. The third-order valence-electron chi connectivity index (χ3n) is 3.04. The highest BCUT2D eigenvalue weighted by Gasteiger charge is 2.25. The average Bonchev–Trinajstić information content (AvgIpc) is 2.59. The number of esters is 1. The maximum absolute atomic E-state index is 12.0. The van der Waals surface area contributed by atoms with Gasteiger partial charge in [-0.05, 0) is 0 Å². The molecule has 0 amide bonds. The maximum atomic E-state index is 12.0. The SMILES string of the molecule is NC(C(=O)OCC(=O)c1ccccc1)C(=O)c1ccccc1. The first kappa shape index (κ1) is 15.6. The van der Waals surface area contributed by atoms with Crippen LogP contribution in [0.2, 0.25) is 0 Å². The van der Waals surface area contributed by atoms with Crippen molar-refractivity contribution in [1.29, 1.82) is 0 Å². The number of nitrogens with two attached hydrogens (primary N) is 1. The number of rotatable bonds is 6. The molecule has 0 bridgehead atoms. The summed E-state index contributed by atoms with van der Waals surface area (Å²) in [5.74, 6) is -1.82. The van der Waals surface area contributed by atoms with Crippen molar-refractivity contribution in [1.82, 2.24) is 0 Å². The van der Waals surface area contributed by atoms with Crippen LogP contribution in [0.25, 0.3) is 0 Å². The standard InChI is InChI=1S/C17H15NO4/c18-15(16(20)13-9-5-2-6-10-13)17(21)22-11-14(19)12-7-3-1-4-8-12/h1-10,15H,11,18H2. The summed E-state index contributed by atoms with van der Waals surface area (Å²) >= 11 is 0. The van der Waals surface area contributed by atoms with Crippen LogP contribution in [0.15, 0.2) is 60.7 Å². The van der Waals surface area contributed by atoms with Gasteiger partial charge in [0.05, 0.1) is 0 Å². The van der Waals surface area contributed by atoms with Crippen molar-refractivity contribution in [2.75, 3.05) is 6.61 Å². The average molecular weight is 297 g/mol. The third-order valence-corrected chi connectivity index (χ3v) is 3.04. The number of carbonyl (C=O) groups is 3. The molecule has 0 radical (unpaired) electrons. The van der Waals surface area contributed by atoms with Gasteiger partial charge in [-0.2, -0.15) is 0 Å². The first-order chi connectivity index (χ1) is 10.6. The van der Waals surface area contributed by atoms with E-state index >= 15 is 0 Å². The molecular formula is C17H15NO4. The molecule has 112 valence electrons. The fourth-order valence-electron chi connectivity index (χ4n) is 1.82. The van der Waals surface area contributed by atoms with Crippen LogP contribution in [0, 0.1) is 0 Å². The van der Waals surface area contributed by atoms with Crippen molar-refractivity contribution in [3.63, 3.8) is 0 Å². The van der Waals surface area contributed by atoms with Crippen LogP contribution in [0.5, 0.6) is 0 Å². The van der Waals surface area contributed by atoms with Gasteiger partial charge in [0.15, 0.2) is 24.2 Å². The first-order valence-corrected chi connectivity index (χ1v) is 6.69. The summed E-state index contributed by atoms with van der Waals surface area (Å²) in [4.78, 5) is 35.6. The van der Waals surface area contributed by atoms with Gasteiger partial charge in [0, 0.05) is 11.1 Å². The molecule has 1 atom stereocenters. The van der Waals surface area contributed by atoms with Crippen molar-refractivity contribution in [3.05, 3.63) is 71.8 Å². The molecule has 5 nitrogen and oxygen atoms in total. The fourth-order valence-corrected chi connectivity index (χ4v) is 1.82. The largest absolute Gasteiger partial charge is 0.456 e. The van der Waals surface area contributed by atoms with Crippen LogP contribution in [0.3, 0.4) is 0 Å². The molecule has 0 aliphatic heterocycles. The summed E-state index contributed by atoms with van der Waals surface area (Å²) in [6, 6.07) is 15.2. The Bertz CT molecular complexity index is 668. The van der Waals surface area contributed by atoms with E-state index < -0.39 is 24.4 Å². The second-order valence-electron chi connectivity index (χ2n) is 4.60. The molecule has 0 heterocycles. The van der Waals surface area contributed by atoms with E-state index in [1.54, 1.807) is 60.7 Å². The van der Waals surface area contributed by atoms with Gasteiger partial charge in [-0.1, -0.05) is 60.7 Å². The highest BCUT2D eigenvalue weighted by molar-refractivity contribution is 6.12. The van der Waals surface area contributed by atoms with Crippen LogP contribution in [0.1, 0.15) is 20.7 Å². The van der Waals surface area contributed by atoms with Crippen LogP contribution < -0.4 is 5.73 Å². The minimum atomic E-state index is -1.44. The molecule has 0 aliphatic rings. The van der Waals surface area contributed by atoms with E-state index in [4.69, 9.17) is 10.5 Å². The van der Waals surface area contributed by atoms with Gasteiger partial charge >= 0.3 is 5.97 Å². The van der Waals surface area contributed by atoms with E-state index in [0.717, 1.165) is 0 Å². The molecule has 2 aromatic rings. The van der Waals surface area contributed by atoms with Gasteiger partial charge in [0.25, 0.3) is 0 Å². The Morgan fingerprint density at radius 2 is 1.36 bits per heavy atom. The van der Waals surface area contributed by atoms with Crippen molar-refractivity contribution >= 4 is 17.5 Å². The minimum Gasteiger partial charge on any atom is -0.456 e. The first-order valence-electron chi connectivity index (χ1n) is 6.69. The van der Waals surface area contributed by atoms with Crippen LogP contribution >= 0.6 is 0 Å². The molecular weight excluding hydrogens is 282 g/mol. The topological polar surface area (TPSA) is 86.5 Å². The predicted molar refractivity (Wildman–Crippen MR) is 80.5 cm³/mol. The van der Waals surface area contributed by atoms with Crippen LogP contribution in [0.4, 0.5) is 0 Å². The van der Waals surface area contributed by atoms with Crippen molar-refractivity contribution in [2.24, 2.45) is 5.73 Å². The molecule has 2 rings (SSSR count). The molecule has 0 spiro atoms. The van der Waals surface area contributed by atoms with Crippen LogP contribution in [-0.2, 0) is 9.53 Å². The molecule has 0 fully saturated rings. The van der Waals surface area contributed by atoms with Crippen molar-refractivity contribution in [2.45, 2.75) is 6.04 Å². The number of benzene rings is 2. The van der Waals surface area contributed by atoms with Gasteiger partial charge in [0.2, 0.25) is 0 Å². The molecule has 0 aliphatic carbocycles. The molecule has 0 saturated carbocycles. The Labute approximate surface area is 127 Å². The van der Waals surface area contributed by atoms with Gasteiger partial charge < -0.3 is 10.5 Å². The molecule has 0 saturated heterocycles. The quantitative estimate of drug-likeness (QED) is 0.497. The predicted octanol–water partition coefficient (Wildman–Crippen LogP) is 1.62.